The van der Waals surface area contributed by atoms with Crippen molar-refractivity contribution < 1.29 is 33.6 Å². The molecule has 5 aromatic rings. The van der Waals surface area contributed by atoms with Gasteiger partial charge in [-0.15, -0.1) is 0 Å². The molecule has 0 spiro atoms. The lowest BCUT2D eigenvalue weighted by atomic mass is 10.0. The van der Waals surface area contributed by atoms with Crippen LogP contribution in [0.1, 0.15) is 46.4 Å². The second kappa shape index (κ2) is 13.9. The maximum atomic E-state index is 13.3. The van der Waals surface area contributed by atoms with Gasteiger partial charge in [0.1, 0.15) is 23.1 Å². The highest BCUT2D eigenvalue weighted by molar-refractivity contribution is 6.25. The van der Waals surface area contributed by atoms with E-state index in [2.05, 4.69) is 20.9 Å². The molecule has 16 nitrogen and oxygen atoms in total. The van der Waals surface area contributed by atoms with Crippen LogP contribution in [-0.2, 0) is 21.4 Å². The first-order valence-corrected chi connectivity index (χ1v) is 16.6. The number of imide groups is 2. The molecule has 1 fully saturated rings. The van der Waals surface area contributed by atoms with Gasteiger partial charge in [0, 0.05) is 84.9 Å². The van der Waals surface area contributed by atoms with E-state index in [9.17, 15) is 38.9 Å². The number of ether oxygens (including phenoxy) is 1. The molecule has 1 saturated heterocycles. The average Bonchev–Trinajstić information content (AvgIpc) is 3.72. The monoisotopic (exact) mass is 717 g/mol. The van der Waals surface area contributed by atoms with E-state index < -0.39 is 34.6 Å². The Morgan fingerprint density at radius 2 is 1.79 bits per heavy atom. The maximum Gasteiger partial charge on any atom is 0.274 e. The van der Waals surface area contributed by atoms with E-state index in [4.69, 9.17) is 4.74 Å². The fourth-order valence-electron chi connectivity index (χ4n) is 6.54. The maximum absolute atomic E-state index is 13.3. The fraction of sp³-hybridized carbons (Fsp3) is 0.189. The van der Waals surface area contributed by atoms with Gasteiger partial charge < -0.3 is 24.9 Å². The summed E-state index contributed by atoms with van der Waals surface area (Å²) in [6.07, 6.45) is 3.75. The quantitative estimate of drug-likeness (QED) is 0.0651. The van der Waals surface area contributed by atoms with Gasteiger partial charge in [-0.3, -0.25) is 49.1 Å². The molecule has 4 N–H and O–H groups in total. The van der Waals surface area contributed by atoms with Crippen molar-refractivity contribution in [3.8, 4) is 22.6 Å². The molecule has 0 radical (unpaired) electrons. The molecule has 1 atom stereocenters. The van der Waals surface area contributed by atoms with Crippen molar-refractivity contribution in [3.63, 3.8) is 0 Å². The van der Waals surface area contributed by atoms with Gasteiger partial charge in [0.2, 0.25) is 17.7 Å². The molecule has 7 rings (SSSR count). The summed E-state index contributed by atoms with van der Waals surface area (Å²) in [6, 6.07) is 16.2. The number of H-pyrrole nitrogens is 1. The van der Waals surface area contributed by atoms with Gasteiger partial charge in [-0.1, -0.05) is 12.1 Å². The first-order valence-electron chi connectivity index (χ1n) is 16.6. The smallest absolute Gasteiger partial charge is 0.274 e. The second-order valence-electron chi connectivity index (χ2n) is 12.5. The highest BCUT2D eigenvalue weighted by atomic mass is 16.6. The molecular formula is C37H31N7O9. The largest absolute Gasteiger partial charge is 0.457 e. The zero-order valence-corrected chi connectivity index (χ0v) is 28.1. The van der Waals surface area contributed by atoms with Crippen molar-refractivity contribution >= 4 is 57.5 Å². The van der Waals surface area contributed by atoms with Crippen LogP contribution in [0, 0.1) is 10.1 Å². The Kier molecular flexibility index (Phi) is 9.01. The molecule has 4 heterocycles. The number of carbonyl (C=O) groups is 5. The number of piperidine rings is 1. The number of nitro benzene ring substituents is 1. The van der Waals surface area contributed by atoms with Gasteiger partial charge >= 0.3 is 0 Å². The summed E-state index contributed by atoms with van der Waals surface area (Å²) >= 11 is 0. The molecule has 5 amide bonds. The number of anilines is 2. The number of aryl methyl sites for hydroxylation is 1. The normalized spacial score (nSPS) is 15.3. The van der Waals surface area contributed by atoms with E-state index in [1.54, 1.807) is 61.9 Å². The second-order valence-corrected chi connectivity index (χ2v) is 12.5. The standard InChI is InChI=1S/C37H31N7O9/c1-42-19-26(23-14-16-39-33(23)37(42)50)25-18-21(44(51)52)10-12-29(25)53-22-6-2-5-20(17-22)40-30(45)9-4-15-38-27-8-3-7-24-32(27)36(49)43(35(24)48)28-11-13-31(46)41-34(28)47/h2-3,5-8,10,12,14,16-19,28,38-39H,4,9,11,13,15H2,1H3,(H,40,45)(H,41,46,47). The van der Waals surface area contributed by atoms with E-state index >= 15 is 0 Å². The predicted octanol–water partition coefficient (Wildman–Crippen LogP) is 4.47. The lowest BCUT2D eigenvalue weighted by molar-refractivity contribution is -0.384. The van der Waals surface area contributed by atoms with Crippen LogP contribution in [0.5, 0.6) is 11.5 Å². The molecule has 2 aromatic heterocycles. The van der Waals surface area contributed by atoms with Crippen LogP contribution in [0.3, 0.4) is 0 Å². The topological polar surface area (TPSA) is 215 Å². The van der Waals surface area contributed by atoms with E-state index in [0.29, 0.717) is 51.3 Å². The number of hydrogen-bond acceptors (Lipinski definition) is 10. The van der Waals surface area contributed by atoms with E-state index in [1.807, 2.05) is 0 Å². The van der Waals surface area contributed by atoms with Crippen LogP contribution >= 0.6 is 0 Å². The highest BCUT2D eigenvalue weighted by Gasteiger charge is 2.45. The Bertz CT molecular complexity index is 2430. The van der Waals surface area contributed by atoms with E-state index in [1.165, 1.54) is 28.8 Å². The van der Waals surface area contributed by atoms with Crippen molar-refractivity contribution in [2.75, 3.05) is 17.2 Å². The zero-order chi connectivity index (χ0) is 37.4. The minimum Gasteiger partial charge on any atom is -0.457 e. The van der Waals surface area contributed by atoms with E-state index in [0.717, 1.165) is 4.90 Å². The average molecular weight is 718 g/mol. The molecule has 16 heteroatoms. The third kappa shape index (κ3) is 6.60. The first-order chi connectivity index (χ1) is 25.5. The lowest BCUT2D eigenvalue weighted by Crippen LogP contribution is -2.54. The SMILES string of the molecule is Cn1cc(-c2cc([N+](=O)[O-])ccc2Oc2cccc(NC(=O)CCCNc3cccc4c3C(=O)N(C3CCC(=O)NC3=O)C4=O)c2)c2cc[nH]c2c1=O. The summed E-state index contributed by atoms with van der Waals surface area (Å²) in [4.78, 5) is 90.9. The van der Waals surface area contributed by atoms with Crippen LogP contribution in [0.15, 0.2) is 83.9 Å². The van der Waals surface area contributed by atoms with Gasteiger partial charge in [0.05, 0.1) is 16.1 Å². The highest BCUT2D eigenvalue weighted by Crippen LogP contribution is 2.39. The first kappa shape index (κ1) is 34.4. The van der Waals surface area contributed by atoms with Crippen LogP contribution < -0.4 is 26.2 Å². The molecule has 0 aliphatic carbocycles. The third-order valence-corrected chi connectivity index (χ3v) is 9.07. The van der Waals surface area contributed by atoms with Gasteiger partial charge in [-0.25, -0.2) is 0 Å². The van der Waals surface area contributed by atoms with Crippen LogP contribution in [0.4, 0.5) is 17.1 Å². The molecule has 268 valence electrons. The Labute approximate surface area is 299 Å². The van der Waals surface area contributed by atoms with Crippen molar-refractivity contribution in [1.29, 1.82) is 0 Å². The number of hydrogen-bond donors (Lipinski definition) is 4. The number of nitro groups is 1. The number of aromatic amines is 1. The molecule has 2 aliphatic rings. The van der Waals surface area contributed by atoms with Gasteiger partial charge in [0.25, 0.3) is 23.1 Å². The number of aromatic nitrogens is 2. The van der Waals surface area contributed by atoms with Crippen molar-refractivity contribution in [2.24, 2.45) is 7.05 Å². The van der Waals surface area contributed by atoms with Gasteiger partial charge in [0.15, 0.2) is 0 Å². The number of amides is 5. The summed E-state index contributed by atoms with van der Waals surface area (Å²) in [5.41, 5.74) is 1.98. The lowest BCUT2D eigenvalue weighted by Gasteiger charge is -2.27. The minimum absolute atomic E-state index is 0.0187. The predicted molar refractivity (Wildman–Crippen MR) is 192 cm³/mol. The fourth-order valence-corrected chi connectivity index (χ4v) is 6.54. The Morgan fingerprint density at radius 3 is 2.58 bits per heavy atom. The molecule has 0 bridgehead atoms. The Morgan fingerprint density at radius 1 is 0.981 bits per heavy atom. The number of fused-ring (bicyclic) bond motifs is 2. The Hall–Kier alpha value is -7.10. The number of pyridine rings is 1. The number of benzene rings is 3. The molecule has 53 heavy (non-hydrogen) atoms. The summed E-state index contributed by atoms with van der Waals surface area (Å²) in [7, 11) is 1.59. The minimum atomic E-state index is -1.08. The summed E-state index contributed by atoms with van der Waals surface area (Å²) in [5.74, 6) is -2.04. The van der Waals surface area contributed by atoms with Crippen molar-refractivity contribution in [3.05, 3.63) is 111 Å². The summed E-state index contributed by atoms with van der Waals surface area (Å²) < 4.78 is 7.58. The van der Waals surface area contributed by atoms with Gasteiger partial charge in [-0.2, -0.15) is 0 Å². The molecule has 3 aromatic carbocycles. The van der Waals surface area contributed by atoms with Crippen LogP contribution in [0.2, 0.25) is 0 Å². The van der Waals surface area contributed by atoms with Gasteiger partial charge in [-0.05, 0) is 49.2 Å². The zero-order valence-electron chi connectivity index (χ0n) is 28.1. The molecule has 1 unspecified atom stereocenters. The van der Waals surface area contributed by atoms with Crippen molar-refractivity contribution in [1.82, 2.24) is 19.8 Å². The number of carbonyl (C=O) groups excluding carboxylic acids is 5. The van der Waals surface area contributed by atoms with Crippen LogP contribution in [0.25, 0.3) is 22.0 Å². The number of rotatable bonds is 11. The number of nitrogens with zero attached hydrogens (tertiary/aromatic N) is 3. The summed E-state index contributed by atoms with van der Waals surface area (Å²) in [5, 5.41) is 20.4. The van der Waals surface area contributed by atoms with Crippen molar-refractivity contribution in [2.45, 2.75) is 31.7 Å². The molecule has 0 saturated carbocycles. The summed E-state index contributed by atoms with van der Waals surface area (Å²) in [6.45, 7) is 0.287. The molecular weight excluding hydrogens is 686 g/mol. The molecule has 2 aliphatic heterocycles. The Balaban J connectivity index is 0.999. The van der Waals surface area contributed by atoms with E-state index in [-0.39, 0.29) is 54.1 Å². The number of nitrogens with one attached hydrogen (secondary N) is 4. The van der Waals surface area contributed by atoms with Crippen LogP contribution in [-0.4, -0.2) is 61.5 Å². The third-order valence-electron chi connectivity index (χ3n) is 9.07. The number of non-ortho nitro benzene ring substituents is 1.